The number of hydrogen-bond donors (Lipinski definition) is 2. The van der Waals surface area contributed by atoms with Gasteiger partial charge in [0.15, 0.2) is 11.6 Å². The Labute approximate surface area is 164 Å². The lowest BCUT2D eigenvalue weighted by Gasteiger charge is -2.26. The zero-order valence-electron chi connectivity index (χ0n) is 16.5. The first-order valence-corrected chi connectivity index (χ1v) is 9.40. The van der Waals surface area contributed by atoms with Gasteiger partial charge in [0, 0.05) is 18.8 Å². The van der Waals surface area contributed by atoms with Crippen molar-refractivity contribution in [1.82, 2.24) is 10.3 Å². The standard InChI is InChI=1S/C21H27F2N3O2/c1-4-21(3,5-2)8-9-25-12-14-10-16(22)19(17(23)11-14)28-18-7-6-15(13-26-18)20(24)27/h6-7,10-11,13,25H,4-5,8-9,12H2,1-3H3,(H2,24,27). The van der Waals surface area contributed by atoms with E-state index in [-0.39, 0.29) is 16.9 Å². The minimum atomic E-state index is -0.815. The molecule has 0 unspecified atom stereocenters. The van der Waals surface area contributed by atoms with E-state index in [9.17, 15) is 13.6 Å². The number of pyridine rings is 1. The van der Waals surface area contributed by atoms with E-state index < -0.39 is 23.3 Å². The first kappa shape index (κ1) is 21.8. The number of carbonyl (C=O) groups excluding carboxylic acids is 1. The predicted molar refractivity (Wildman–Crippen MR) is 104 cm³/mol. The number of aromatic nitrogens is 1. The monoisotopic (exact) mass is 391 g/mol. The van der Waals surface area contributed by atoms with Crippen molar-refractivity contribution in [2.24, 2.45) is 11.1 Å². The summed E-state index contributed by atoms with van der Waals surface area (Å²) in [6.07, 6.45) is 4.37. The highest BCUT2D eigenvalue weighted by Gasteiger charge is 2.19. The molecule has 1 heterocycles. The Morgan fingerprint density at radius 1 is 1.21 bits per heavy atom. The maximum atomic E-state index is 14.3. The quantitative estimate of drug-likeness (QED) is 0.582. The molecule has 2 rings (SSSR count). The molecule has 1 aromatic heterocycles. The number of nitrogens with one attached hydrogen (secondary N) is 1. The molecule has 152 valence electrons. The molecule has 28 heavy (non-hydrogen) atoms. The summed E-state index contributed by atoms with van der Waals surface area (Å²) in [4.78, 5) is 14.9. The van der Waals surface area contributed by atoms with Gasteiger partial charge in [-0.25, -0.2) is 13.8 Å². The van der Waals surface area contributed by atoms with E-state index in [4.69, 9.17) is 10.5 Å². The Morgan fingerprint density at radius 3 is 2.36 bits per heavy atom. The molecule has 0 fully saturated rings. The Bertz CT molecular complexity index is 783. The number of nitrogens with zero attached hydrogens (tertiary/aromatic N) is 1. The minimum absolute atomic E-state index is 0.0351. The smallest absolute Gasteiger partial charge is 0.250 e. The van der Waals surface area contributed by atoms with Gasteiger partial charge in [-0.15, -0.1) is 0 Å². The SMILES string of the molecule is CCC(C)(CC)CCNCc1cc(F)c(Oc2ccc(C(N)=O)cn2)c(F)c1. The maximum absolute atomic E-state index is 14.3. The van der Waals surface area contributed by atoms with Crippen molar-refractivity contribution >= 4 is 5.91 Å². The van der Waals surface area contributed by atoms with Crippen LogP contribution in [0.2, 0.25) is 0 Å². The summed E-state index contributed by atoms with van der Waals surface area (Å²) in [5.41, 5.74) is 6.07. The van der Waals surface area contributed by atoms with Crippen molar-refractivity contribution in [1.29, 1.82) is 0 Å². The molecule has 0 bridgehead atoms. The van der Waals surface area contributed by atoms with E-state index in [1.807, 2.05) is 0 Å². The zero-order chi connectivity index (χ0) is 20.7. The van der Waals surface area contributed by atoms with Gasteiger partial charge in [0.05, 0.1) is 5.56 Å². The molecular formula is C21H27F2N3O2. The molecule has 7 heteroatoms. The lowest BCUT2D eigenvalue weighted by molar-refractivity contribution is 0.1000. The Balaban J connectivity index is 1.99. The van der Waals surface area contributed by atoms with Crippen LogP contribution in [0.4, 0.5) is 8.78 Å². The minimum Gasteiger partial charge on any atom is -0.433 e. The third-order valence-electron chi connectivity index (χ3n) is 5.23. The number of benzene rings is 1. The van der Waals surface area contributed by atoms with Gasteiger partial charge in [-0.2, -0.15) is 0 Å². The Kier molecular flexibility index (Phi) is 7.45. The molecule has 2 aromatic rings. The summed E-state index contributed by atoms with van der Waals surface area (Å²) in [5.74, 6) is -2.85. The van der Waals surface area contributed by atoms with Crippen molar-refractivity contribution in [2.45, 2.75) is 46.6 Å². The van der Waals surface area contributed by atoms with Gasteiger partial charge in [0.1, 0.15) is 0 Å². The summed E-state index contributed by atoms with van der Waals surface area (Å²) in [5, 5.41) is 3.24. The van der Waals surface area contributed by atoms with E-state index in [2.05, 4.69) is 31.1 Å². The van der Waals surface area contributed by atoms with Crippen LogP contribution in [0.1, 0.15) is 56.0 Å². The van der Waals surface area contributed by atoms with Gasteiger partial charge in [-0.3, -0.25) is 4.79 Å². The molecule has 3 N–H and O–H groups in total. The van der Waals surface area contributed by atoms with Crippen LogP contribution in [0.3, 0.4) is 0 Å². The van der Waals surface area contributed by atoms with Crippen molar-refractivity contribution in [2.75, 3.05) is 6.54 Å². The number of nitrogens with two attached hydrogens (primary N) is 1. The highest BCUT2D eigenvalue weighted by molar-refractivity contribution is 5.92. The second kappa shape index (κ2) is 9.59. The van der Waals surface area contributed by atoms with Crippen molar-refractivity contribution in [3.63, 3.8) is 0 Å². The molecule has 0 radical (unpaired) electrons. The van der Waals surface area contributed by atoms with Gasteiger partial charge in [-0.1, -0.05) is 33.6 Å². The third kappa shape index (κ3) is 5.73. The van der Waals surface area contributed by atoms with E-state index in [0.717, 1.165) is 25.8 Å². The van der Waals surface area contributed by atoms with E-state index in [0.29, 0.717) is 12.1 Å². The molecule has 5 nitrogen and oxygen atoms in total. The molecule has 0 saturated carbocycles. The van der Waals surface area contributed by atoms with E-state index in [1.54, 1.807) is 0 Å². The van der Waals surface area contributed by atoms with Gasteiger partial charge >= 0.3 is 0 Å². The van der Waals surface area contributed by atoms with Crippen LogP contribution in [-0.4, -0.2) is 17.4 Å². The van der Waals surface area contributed by atoms with Crippen LogP contribution in [-0.2, 0) is 6.54 Å². The summed E-state index contributed by atoms with van der Waals surface area (Å²) in [7, 11) is 0. The molecule has 1 amide bonds. The number of rotatable bonds is 10. The van der Waals surface area contributed by atoms with Crippen LogP contribution in [0, 0.1) is 17.0 Å². The first-order valence-electron chi connectivity index (χ1n) is 9.40. The summed E-state index contributed by atoms with van der Waals surface area (Å²) >= 11 is 0. The topological polar surface area (TPSA) is 77.2 Å². The molecule has 0 spiro atoms. The van der Waals surface area contributed by atoms with Crippen molar-refractivity contribution in [3.8, 4) is 11.6 Å². The second-order valence-electron chi connectivity index (χ2n) is 7.18. The van der Waals surface area contributed by atoms with Crippen LogP contribution < -0.4 is 15.8 Å². The Morgan fingerprint density at radius 2 is 1.86 bits per heavy atom. The van der Waals surface area contributed by atoms with Gasteiger partial charge < -0.3 is 15.8 Å². The van der Waals surface area contributed by atoms with Crippen LogP contribution in [0.25, 0.3) is 0 Å². The largest absolute Gasteiger partial charge is 0.433 e. The zero-order valence-corrected chi connectivity index (χ0v) is 16.5. The van der Waals surface area contributed by atoms with E-state index in [1.165, 1.54) is 30.5 Å². The molecule has 0 aliphatic carbocycles. The number of halogens is 2. The summed E-state index contributed by atoms with van der Waals surface area (Å²) < 4.78 is 33.8. The average Bonchev–Trinajstić information content (AvgIpc) is 2.68. The second-order valence-corrected chi connectivity index (χ2v) is 7.18. The van der Waals surface area contributed by atoms with Crippen LogP contribution >= 0.6 is 0 Å². The normalized spacial score (nSPS) is 11.5. The maximum Gasteiger partial charge on any atom is 0.250 e. The highest BCUT2D eigenvalue weighted by atomic mass is 19.1. The number of carbonyl (C=O) groups is 1. The Hall–Kier alpha value is -2.54. The fourth-order valence-electron chi connectivity index (χ4n) is 2.73. The average molecular weight is 391 g/mol. The molecule has 1 aromatic carbocycles. The molecular weight excluding hydrogens is 364 g/mol. The van der Waals surface area contributed by atoms with Gasteiger partial charge in [0.25, 0.3) is 0 Å². The van der Waals surface area contributed by atoms with Crippen molar-refractivity contribution < 1.29 is 18.3 Å². The lowest BCUT2D eigenvalue weighted by atomic mass is 9.81. The van der Waals surface area contributed by atoms with Gasteiger partial charge in [-0.05, 0) is 42.1 Å². The van der Waals surface area contributed by atoms with Gasteiger partial charge in [0.2, 0.25) is 17.5 Å². The molecule has 0 saturated heterocycles. The van der Waals surface area contributed by atoms with E-state index >= 15 is 0 Å². The van der Waals surface area contributed by atoms with Crippen LogP contribution in [0.5, 0.6) is 11.6 Å². The molecule has 0 atom stereocenters. The number of amides is 1. The fourth-order valence-corrected chi connectivity index (χ4v) is 2.73. The molecule has 0 aliphatic rings. The fraction of sp³-hybridized carbons (Fsp3) is 0.429. The van der Waals surface area contributed by atoms with Crippen LogP contribution in [0.15, 0.2) is 30.5 Å². The summed E-state index contributed by atoms with van der Waals surface area (Å²) in [6, 6.07) is 5.18. The number of ether oxygens (including phenoxy) is 1. The first-order chi connectivity index (χ1) is 13.3. The predicted octanol–water partition coefficient (Wildman–Crippen LogP) is 4.56. The number of hydrogen-bond acceptors (Lipinski definition) is 4. The molecule has 0 aliphatic heterocycles. The summed E-state index contributed by atoms with van der Waals surface area (Å²) in [6.45, 7) is 7.72. The lowest BCUT2D eigenvalue weighted by Crippen LogP contribution is -2.23. The highest BCUT2D eigenvalue weighted by Crippen LogP contribution is 2.29. The van der Waals surface area contributed by atoms with Crippen molar-refractivity contribution in [3.05, 3.63) is 53.2 Å². The third-order valence-corrected chi connectivity index (χ3v) is 5.23. The number of primary amides is 1.